The molecule has 9 heteroatoms. The van der Waals surface area contributed by atoms with Gasteiger partial charge in [0.2, 0.25) is 0 Å². The quantitative estimate of drug-likeness (QED) is 0.849. The van der Waals surface area contributed by atoms with E-state index in [1.165, 1.54) is 0 Å². The molecule has 2 atom stereocenters. The Balaban J connectivity index is 2.40. The Bertz CT molecular complexity index is 596. The van der Waals surface area contributed by atoms with E-state index < -0.39 is 35.0 Å². The zero-order valence-electron chi connectivity index (χ0n) is 14.2. The van der Waals surface area contributed by atoms with Crippen LogP contribution in [0.5, 0.6) is 0 Å². The molecule has 130 valence electrons. The second-order valence-electron chi connectivity index (χ2n) is 7.67. The largest absolute Gasteiger partial charge is 0.460 e. The lowest BCUT2D eigenvalue weighted by molar-refractivity contribution is -0.163. The second kappa shape index (κ2) is 5.47. The lowest BCUT2D eigenvalue weighted by atomic mass is 9.72. The first-order valence-corrected chi connectivity index (χ1v) is 7.43. The maximum Gasteiger partial charge on any atom is 0.350 e. The molecule has 2 rings (SSSR count). The summed E-state index contributed by atoms with van der Waals surface area (Å²) in [6, 6.07) is 0. The van der Waals surface area contributed by atoms with Crippen LogP contribution < -0.4 is 5.32 Å². The van der Waals surface area contributed by atoms with E-state index in [4.69, 9.17) is 4.74 Å². The van der Waals surface area contributed by atoms with Gasteiger partial charge in [0.15, 0.2) is 5.82 Å². The summed E-state index contributed by atoms with van der Waals surface area (Å²) in [4.78, 5) is 13.0. The van der Waals surface area contributed by atoms with E-state index in [-0.39, 0.29) is 10.6 Å². The number of aromatic nitrogens is 4. The molecule has 0 aromatic carbocycles. The number of alkyl halides is 2. The summed E-state index contributed by atoms with van der Waals surface area (Å²) >= 11 is 0. The van der Waals surface area contributed by atoms with Crippen molar-refractivity contribution in [2.75, 3.05) is 6.54 Å². The highest BCUT2D eigenvalue weighted by molar-refractivity contribution is 5.77. The van der Waals surface area contributed by atoms with Gasteiger partial charge in [0.1, 0.15) is 5.60 Å². The Morgan fingerprint density at radius 2 is 2.00 bits per heavy atom. The van der Waals surface area contributed by atoms with Gasteiger partial charge in [0, 0.05) is 12.1 Å². The van der Waals surface area contributed by atoms with E-state index in [1.54, 1.807) is 27.7 Å². The first-order valence-electron chi connectivity index (χ1n) is 7.43. The van der Waals surface area contributed by atoms with Gasteiger partial charge < -0.3 is 10.1 Å². The van der Waals surface area contributed by atoms with Crippen molar-refractivity contribution in [1.82, 2.24) is 25.5 Å². The lowest BCUT2D eigenvalue weighted by Gasteiger charge is -2.34. The summed E-state index contributed by atoms with van der Waals surface area (Å²) < 4.78 is 30.9. The molecule has 1 aromatic rings. The van der Waals surface area contributed by atoms with Crippen molar-refractivity contribution in [1.29, 1.82) is 0 Å². The Kier molecular flexibility index (Phi) is 4.21. The summed E-state index contributed by atoms with van der Waals surface area (Å²) in [5.74, 6) is -0.945. The maximum absolute atomic E-state index is 12.7. The Morgan fingerprint density at radius 1 is 1.39 bits per heavy atom. The molecule has 1 saturated heterocycles. The van der Waals surface area contributed by atoms with Gasteiger partial charge in [-0.2, -0.15) is 8.78 Å². The number of hydrogen-bond donors (Lipinski definition) is 1. The predicted octanol–water partition coefficient (Wildman–Crippen LogP) is 1.67. The third kappa shape index (κ3) is 3.34. The van der Waals surface area contributed by atoms with E-state index in [0.717, 1.165) is 0 Å². The zero-order valence-corrected chi connectivity index (χ0v) is 14.2. The first kappa shape index (κ1) is 17.7. The number of nitrogens with one attached hydrogen (secondary N) is 1. The van der Waals surface area contributed by atoms with Gasteiger partial charge in [0.05, 0.1) is 11.3 Å². The molecule has 0 spiro atoms. The topological polar surface area (TPSA) is 81.9 Å². The number of esters is 1. The van der Waals surface area contributed by atoms with Gasteiger partial charge >= 0.3 is 12.5 Å². The van der Waals surface area contributed by atoms with Crippen LogP contribution >= 0.6 is 0 Å². The van der Waals surface area contributed by atoms with Crippen molar-refractivity contribution in [2.24, 2.45) is 5.92 Å². The standard InChI is InChI=1S/C14H23F2N5O2/c1-12(2,3)23-9(22)8-13(4,5)17-7-14(8,6)10-18-20-21(19-10)11(15)16/h8,11,17H,7H2,1-6H3/t8?,14-/m0/s1. The Morgan fingerprint density at radius 3 is 2.48 bits per heavy atom. The Hall–Kier alpha value is -1.64. The van der Waals surface area contributed by atoms with Crippen LogP contribution in [0.15, 0.2) is 0 Å². The molecule has 0 aliphatic carbocycles. The van der Waals surface area contributed by atoms with Crippen molar-refractivity contribution in [3.8, 4) is 0 Å². The number of carbonyl (C=O) groups is 1. The van der Waals surface area contributed by atoms with Crippen LogP contribution in [-0.2, 0) is 14.9 Å². The van der Waals surface area contributed by atoms with Crippen molar-refractivity contribution >= 4 is 5.97 Å². The smallest absolute Gasteiger partial charge is 0.350 e. The maximum atomic E-state index is 12.7. The highest BCUT2D eigenvalue weighted by atomic mass is 19.3. The molecule has 1 fully saturated rings. The molecule has 1 aliphatic heterocycles. The average molecular weight is 331 g/mol. The molecular formula is C14H23F2N5O2. The fourth-order valence-electron chi connectivity index (χ4n) is 3.07. The van der Waals surface area contributed by atoms with Crippen LogP contribution in [-0.4, -0.2) is 43.9 Å². The van der Waals surface area contributed by atoms with Gasteiger partial charge in [-0.3, -0.25) is 4.79 Å². The van der Waals surface area contributed by atoms with Gasteiger partial charge in [-0.05, 0) is 39.8 Å². The van der Waals surface area contributed by atoms with E-state index in [2.05, 4.69) is 20.7 Å². The average Bonchev–Trinajstić information content (AvgIpc) is 2.91. The monoisotopic (exact) mass is 331 g/mol. The molecule has 0 radical (unpaired) electrons. The second-order valence-corrected chi connectivity index (χ2v) is 7.67. The van der Waals surface area contributed by atoms with Crippen molar-refractivity contribution < 1.29 is 18.3 Å². The highest BCUT2D eigenvalue weighted by Gasteiger charge is 2.58. The molecular weight excluding hydrogens is 308 g/mol. The fourth-order valence-corrected chi connectivity index (χ4v) is 3.07. The highest BCUT2D eigenvalue weighted by Crippen LogP contribution is 2.43. The van der Waals surface area contributed by atoms with Crippen molar-refractivity contribution in [2.45, 2.75) is 64.6 Å². The van der Waals surface area contributed by atoms with Gasteiger partial charge in [-0.1, -0.05) is 11.7 Å². The van der Waals surface area contributed by atoms with Crippen molar-refractivity contribution in [3.63, 3.8) is 0 Å². The van der Waals surface area contributed by atoms with E-state index >= 15 is 0 Å². The predicted molar refractivity (Wildman–Crippen MR) is 77.8 cm³/mol. The number of nitrogens with zero attached hydrogens (tertiary/aromatic N) is 4. The van der Waals surface area contributed by atoms with Crippen LogP contribution in [0.1, 0.15) is 53.9 Å². The van der Waals surface area contributed by atoms with Gasteiger partial charge in [0.25, 0.3) is 0 Å². The number of ether oxygens (including phenoxy) is 1. The number of halogens is 2. The molecule has 1 unspecified atom stereocenters. The minimum absolute atomic E-state index is 0.103. The number of rotatable bonds is 3. The number of hydrogen-bond acceptors (Lipinski definition) is 6. The molecule has 2 heterocycles. The molecule has 1 aromatic heterocycles. The summed E-state index contributed by atoms with van der Waals surface area (Å²) in [6.07, 6.45) is 0. The lowest BCUT2D eigenvalue weighted by Crippen LogP contribution is -2.48. The third-order valence-corrected chi connectivity index (χ3v) is 4.03. The van der Waals surface area contributed by atoms with E-state index in [0.29, 0.717) is 6.54 Å². The van der Waals surface area contributed by atoms with Crippen LogP contribution in [0.2, 0.25) is 0 Å². The van der Waals surface area contributed by atoms with Gasteiger partial charge in [-0.15, -0.1) is 10.2 Å². The normalized spacial score (nSPS) is 27.4. The van der Waals surface area contributed by atoms with E-state index in [1.807, 2.05) is 13.8 Å². The summed E-state index contributed by atoms with van der Waals surface area (Å²) in [5, 5.41) is 14.1. The number of carbonyl (C=O) groups excluding carboxylic acids is 1. The summed E-state index contributed by atoms with van der Waals surface area (Å²) in [5.41, 5.74) is -2.13. The van der Waals surface area contributed by atoms with Crippen LogP contribution in [0.4, 0.5) is 8.78 Å². The summed E-state index contributed by atoms with van der Waals surface area (Å²) in [6.45, 7) is 8.32. The molecule has 7 nitrogen and oxygen atoms in total. The first-order chi connectivity index (χ1) is 10.4. The fraction of sp³-hybridized carbons (Fsp3) is 0.857. The molecule has 0 amide bonds. The van der Waals surface area contributed by atoms with Crippen LogP contribution in [0.25, 0.3) is 0 Å². The minimum Gasteiger partial charge on any atom is -0.460 e. The van der Waals surface area contributed by atoms with E-state index in [9.17, 15) is 13.6 Å². The number of tetrazole rings is 1. The third-order valence-electron chi connectivity index (χ3n) is 4.03. The molecule has 23 heavy (non-hydrogen) atoms. The zero-order chi connectivity index (χ0) is 17.6. The van der Waals surface area contributed by atoms with Gasteiger partial charge in [-0.25, -0.2) is 0 Å². The summed E-state index contributed by atoms with van der Waals surface area (Å²) in [7, 11) is 0. The minimum atomic E-state index is -2.87. The van der Waals surface area contributed by atoms with Crippen LogP contribution in [0, 0.1) is 5.92 Å². The molecule has 1 N–H and O–H groups in total. The molecule has 0 saturated carbocycles. The molecule has 1 aliphatic rings. The van der Waals surface area contributed by atoms with Crippen LogP contribution in [0.3, 0.4) is 0 Å². The Labute approximate surface area is 133 Å². The van der Waals surface area contributed by atoms with Crippen molar-refractivity contribution in [3.05, 3.63) is 5.82 Å². The SMILES string of the molecule is CC(C)(C)OC(=O)C1C(C)(C)NC[C@]1(C)c1nnn(C(F)F)n1. The molecule has 0 bridgehead atoms.